The number of nitrogens with one attached hydrogen (secondary N) is 1. The maximum Gasteiger partial charge on any atom is 0.262 e. The number of rotatable bonds is 6. The minimum atomic E-state index is -0.864. The Bertz CT molecular complexity index is 706. The fourth-order valence-electron chi connectivity index (χ4n) is 1.89. The van der Waals surface area contributed by atoms with E-state index in [4.69, 9.17) is 14.2 Å². The van der Waals surface area contributed by atoms with Gasteiger partial charge in [0.1, 0.15) is 11.6 Å². The summed E-state index contributed by atoms with van der Waals surface area (Å²) in [6.45, 7) is -0.375. The average molecular weight is 323 g/mol. The predicted molar refractivity (Wildman–Crippen MR) is 80.0 cm³/mol. The van der Waals surface area contributed by atoms with E-state index >= 15 is 0 Å². The van der Waals surface area contributed by atoms with E-state index in [0.29, 0.717) is 23.3 Å². The molecule has 2 rings (SSSR count). The van der Waals surface area contributed by atoms with Crippen molar-refractivity contribution in [2.45, 2.75) is 0 Å². The fraction of sp³-hybridized carbons (Fsp3) is 0.188. The third-order valence-electron chi connectivity index (χ3n) is 2.93. The molecule has 0 radical (unpaired) electrons. The lowest BCUT2D eigenvalue weighted by Crippen LogP contribution is -2.21. The van der Waals surface area contributed by atoms with Gasteiger partial charge in [0.25, 0.3) is 5.91 Å². The molecule has 0 bridgehead atoms. The number of carbonyl (C=O) groups excluding carboxylic acids is 1. The summed E-state index contributed by atoms with van der Waals surface area (Å²) >= 11 is 0. The largest absolute Gasteiger partial charge is 0.493 e. The van der Waals surface area contributed by atoms with Gasteiger partial charge in [-0.3, -0.25) is 4.79 Å². The Kier molecular flexibility index (Phi) is 5.35. The molecule has 1 N–H and O–H groups in total. The summed E-state index contributed by atoms with van der Waals surface area (Å²) in [5.74, 6) is -1.08. The standard InChI is InChI=1S/C16H15F2NO4/c1-21-13-4-3-5-14(16(13)22-2)23-9-15(20)19-12-7-6-10(17)8-11(12)18/h3-8H,9H2,1-2H3,(H,19,20). The van der Waals surface area contributed by atoms with Crippen LogP contribution in [0.15, 0.2) is 36.4 Å². The second kappa shape index (κ2) is 7.44. The summed E-state index contributed by atoms with van der Waals surface area (Å²) in [5.41, 5.74) is -0.127. The summed E-state index contributed by atoms with van der Waals surface area (Å²) in [5, 5.41) is 2.30. The number of benzene rings is 2. The number of amides is 1. The van der Waals surface area contributed by atoms with E-state index in [9.17, 15) is 13.6 Å². The van der Waals surface area contributed by atoms with E-state index in [-0.39, 0.29) is 12.3 Å². The number of para-hydroxylation sites is 1. The molecule has 0 saturated carbocycles. The van der Waals surface area contributed by atoms with Crippen LogP contribution >= 0.6 is 0 Å². The van der Waals surface area contributed by atoms with Crippen molar-refractivity contribution < 1.29 is 27.8 Å². The van der Waals surface area contributed by atoms with E-state index in [2.05, 4.69) is 5.32 Å². The SMILES string of the molecule is COc1cccc(OCC(=O)Nc2ccc(F)cc2F)c1OC. The molecule has 0 atom stereocenters. The van der Waals surface area contributed by atoms with Crippen LogP contribution in [-0.2, 0) is 4.79 Å². The monoisotopic (exact) mass is 323 g/mol. The first-order chi connectivity index (χ1) is 11.0. The van der Waals surface area contributed by atoms with Crippen molar-refractivity contribution in [1.82, 2.24) is 0 Å². The van der Waals surface area contributed by atoms with E-state index in [1.807, 2.05) is 0 Å². The molecule has 0 unspecified atom stereocenters. The molecule has 0 aliphatic carbocycles. The van der Waals surface area contributed by atoms with Gasteiger partial charge in [0.15, 0.2) is 18.1 Å². The van der Waals surface area contributed by atoms with Gasteiger partial charge >= 0.3 is 0 Å². The van der Waals surface area contributed by atoms with Crippen LogP contribution in [0.1, 0.15) is 0 Å². The van der Waals surface area contributed by atoms with Crippen molar-refractivity contribution in [3.8, 4) is 17.2 Å². The second-order valence-corrected chi connectivity index (χ2v) is 4.45. The summed E-state index contributed by atoms with van der Waals surface area (Å²) in [4.78, 5) is 11.8. The zero-order valence-electron chi connectivity index (χ0n) is 12.6. The number of methoxy groups -OCH3 is 2. The molecule has 23 heavy (non-hydrogen) atoms. The topological polar surface area (TPSA) is 56.8 Å². The quantitative estimate of drug-likeness (QED) is 0.888. The van der Waals surface area contributed by atoms with Gasteiger partial charge in [-0.2, -0.15) is 0 Å². The molecule has 1 amide bonds. The zero-order chi connectivity index (χ0) is 16.8. The minimum absolute atomic E-state index is 0.127. The highest BCUT2D eigenvalue weighted by Crippen LogP contribution is 2.36. The zero-order valence-corrected chi connectivity index (χ0v) is 12.6. The second-order valence-electron chi connectivity index (χ2n) is 4.45. The van der Waals surface area contributed by atoms with Gasteiger partial charge in [-0.25, -0.2) is 8.78 Å². The molecule has 2 aromatic rings. The number of hydrogen-bond donors (Lipinski definition) is 1. The molecule has 0 aromatic heterocycles. The molecule has 7 heteroatoms. The first-order valence-corrected chi connectivity index (χ1v) is 6.64. The molecule has 122 valence electrons. The van der Waals surface area contributed by atoms with Crippen LogP contribution in [0.4, 0.5) is 14.5 Å². The highest BCUT2D eigenvalue weighted by atomic mass is 19.1. The van der Waals surface area contributed by atoms with Crippen molar-refractivity contribution in [2.75, 3.05) is 26.1 Å². The molecule has 2 aromatic carbocycles. The van der Waals surface area contributed by atoms with Crippen molar-refractivity contribution >= 4 is 11.6 Å². The van der Waals surface area contributed by atoms with E-state index in [0.717, 1.165) is 12.1 Å². The van der Waals surface area contributed by atoms with Gasteiger partial charge in [0.2, 0.25) is 5.75 Å². The average Bonchev–Trinajstić information content (AvgIpc) is 2.55. The smallest absolute Gasteiger partial charge is 0.262 e. The molecular weight excluding hydrogens is 308 g/mol. The summed E-state index contributed by atoms with van der Waals surface area (Å²) < 4.78 is 41.9. The predicted octanol–water partition coefficient (Wildman–Crippen LogP) is 3.00. The van der Waals surface area contributed by atoms with Crippen molar-refractivity contribution in [3.63, 3.8) is 0 Å². The summed E-state index contributed by atoms with van der Waals surface area (Å²) in [6, 6.07) is 7.82. The Morgan fingerprint density at radius 1 is 1.09 bits per heavy atom. The van der Waals surface area contributed by atoms with Crippen LogP contribution in [0.25, 0.3) is 0 Å². The van der Waals surface area contributed by atoms with Crippen molar-refractivity contribution in [3.05, 3.63) is 48.0 Å². The van der Waals surface area contributed by atoms with Gasteiger partial charge in [-0.1, -0.05) is 6.07 Å². The lowest BCUT2D eigenvalue weighted by molar-refractivity contribution is -0.118. The van der Waals surface area contributed by atoms with Crippen molar-refractivity contribution in [1.29, 1.82) is 0 Å². The van der Waals surface area contributed by atoms with Gasteiger partial charge < -0.3 is 19.5 Å². The molecule has 0 heterocycles. The molecule has 5 nitrogen and oxygen atoms in total. The number of ether oxygens (including phenoxy) is 3. The Morgan fingerprint density at radius 2 is 1.83 bits per heavy atom. The third-order valence-corrected chi connectivity index (χ3v) is 2.93. The maximum absolute atomic E-state index is 13.5. The minimum Gasteiger partial charge on any atom is -0.493 e. The lowest BCUT2D eigenvalue weighted by Gasteiger charge is -2.13. The Hall–Kier alpha value is -2.83. The molecule has 0 fully saturated rings. The lowest BCUT2D eigenvalue weighted by atomic mass is 10.3. The van der Waals surface area contributed by atoms with Gasteiger partial charge in [-0.15, -0.1) is 0 Å². The highest BCUT2D eigenvalue weighted by molar-refractivity contribution is 5.92. The van der Waals surface area contributed by atoms with Gasteiger partial charge in [-0.05, 0) is 24.3 Å². The molecule has 0 aliphatic heterocycles. The molecule has 0 saturated heterocycles. The first kappa shape index (κ1) is 16.5. The Balaban J connectivity index is 2.02. The number of carbonyl (C=O) groups is 1. The van der Waals surface area contributed by atoms with Crippen LogP contribution in [0.2, 0.25) is 0 Å². The first-order valence-electron chi connectivity index (χ1n) is 6.64. The number of halogens is 2. The van der Waals surface area contributed by atoms with E-state index in [1.54, 1.807) is 18.2 Å². The summed E-state index contributed by atoms with van der Waals surface area (Å²) in [6.07, 6.45) is 0. The molecule has 0 aliphatic rings. The van der Waals surface area contributed by atoms with Gasteiger partial charge in [0.05, 0.1) is 19.9 Å². The van der Waals surface area contributed by atoms with E-state index in [1.165, 1.54) is 14.2 Å². The van der Waals surface area contributed by atoms with Crippen LogP contribution in [-0.4, -0.2) is 26.7 Å². The highest BCUT2D eigenvalue weighted by Gasteiger charge is 2.13. The van der Waals surface area contributed by atoms with Crippen LogP contribution in [0.3, 0.4) is 0 Å². The third kappa shape index (κ3) is 4.09. The van der Waals surface area contributed by atoms with Crippen LogP contribution in [0, 0.1) is 11.6 Å². The number of hydrogen-bond acceptors (Lipinski definition) is 4. The molecule has 0 spiro atoms. The van der Waals surface area contributed by atoms with Gasteiger partial charge in [0, 0.05) is 6.07 Å². The van der Waals surface area contributed by atoms with Crippen LogP contribution in [0.5, 0.6) is 17.2 Å². The van der Waals surface area contributed by atoms with Crippen molar-refractivity contribution in [2.24, 2.45) is 0 Å². The van der Waals surface area contributed by atoms with E-state index < -0.39 is 17.5 Å². The Morgan fingerprint density at radius 3 is 2.48 bits per heavy atom. The fourth-order valence-corrected chi connectivity index (χ4v) is 1.89. The Labute approximate surface area is 131 Å². The normalized spacial score (nSPS) is 10.1. The maximum atomic E-state index is 13.5. The summed E-state index contributed by atoms with van der Waals surface area (Å²) in [7, 11) is 2.92. The number of anilines is 1. The molecular formula is C16H15F2NO4. The van der Waals surface area contributed by atoms with Crippen LogP contribution < -0.4 is 19.5 Å².